The van der Waals surface area contributed by atoms with E-state index in [4.69, 9.17) is 5.73 Å². The van der Waals surface area contributed by atoms with Gasteiger partial charge in [0.05, 0.1) is 16.9 Å². The van der Waals surface area contributed by atoms with Gasteiger partial charge in [0, 0.05) is 21.8 Å². The lowest BCUT2D eigenvalue weighted by atomic mass is 9.99. The number of anilines is 2. The number of carbonyl (C=O) groups excluding carboxylic acids is 2. The Labute approximate surface area is 172 Å². The van der Waals surface area contributed by atoms with Crippen molar-refractivity contribution in [1.29, 1.82) is 0 Å². The summed E-state index contributed by atoms with van der Waals surface area (Å²) in [6, 6.07) is 9.10. The molecule has 4 N–H and O–H groups in total. The van der Waals surface area contributed by atoms with Crippen LogP contribution in [0.2, 0.25) is 0 Å². The van der Waals surface area contributed by atoms with Crippen LogP contribution in [0.3, 0.4) is 0 Å². The lowest BCUT2D eigenvalue weighted by Gasteiger charge is -2.11. The Morgan fingerprint density at radius 1 is 1.14 bits per heavy atom. The number of alkyl halides is 3. The molecule has 0 aliphatic heterocycles. The van der Waals surface area contributed by atoms with Crippen LogP contribution in [0.5, 0.6) is 0 Å². The minimum Gasteiger partial charge on any atom is -0.397 e. The quantitative estimate of drug-likeness (QED) is 0.366. The van der Waals surface area contributed by atoms with Crippen molar-refractivity contribution >= 4 is 39.0 Å². The lowest BCUT2D eigenvalue weighted by molar-refractivity contribution is -0.137. The summed E-state index contributed by atoms with van der Waals surface area (Å²) < 4.78 is 40.2. The zero-order chi connectivity index (χ0) is 21.3. The molecule has 3 aromatic rings. The number of carbonyl (C=O) groups is 2. The van der Waals surface area contributed by atoms with Gasteiger partial charge in [0.25, 0.3) is 5.91 Å². The second-order valence-corrected chi connectivity index (χ2v) is 7.23. The molecule has 0 saturated heterocycles. The first-order valence-electron chi connectivity index (χ1n) is 8.34. The maximum absolute atomic E-state index is 13.2. The lowest BCUT2D eigenvalue weighted by Crippen LogP contribution is -2.15. The number of benzene rings is 2. The second kappa shape index (κ2) is 7.75. The molecule has 0 radical (unpaired) electrons. The molecule has 0 bridgehead atoms. The third-order valence-corrected chi connectivity index (χ3v) is 4.69. The van der Waals surface area contributed by atoms with Gasteiger partial charge in [-0.2, -0.15) is 13.2 Å². The molecule has 1 amide bonds. The second-order valence-electron chi connectivity index (χ2n) is 6.32. The van der Waals surface area contributed by atoms with Crippen LogP contribution < -0.4 is 11.1 Å². The summed E-state index contributed by atoms with van der Waals surface area (Å²) in [5, 5.41) is 2.64. The zero-order valence-electron chi connectivity index (χ0n) is 15.0. The Bertz CT molecular complexity index is 1080. The van der Waals surface area contributed by atoms with E-state index in [0.29, 0.717) is 16.9 Å². The fourth-order valence-corrected chi connectivity index (χ4v) is 3.45. The Morgan fingerprint density at radius 3 is 2.48 bits per heavy atom. The fourth-order valence-electron chi connectivity index (χ4n) is 2.86. The first-order chi connectivity index (χ1) is 13.6. The van der Waals surface area contributed by atoms with E-state index in [1.165, 1.54) is 24.4 Å². The topological polar surface area (TPSA) is 88.0 Å². The highest BCUT2D eigenvalue weighted by Crippen LogP contribution is 2.33. The summed E-state index contributed by atoms with van der Waals surface area (Å²) in [5.41, 5.74) is 5.81. The number of nitrogens with two attached hydrogens (primary N) is 1. The van der Waals surface area contributed by atoms with Gasteiger partial charge in [-0.25, -0.2) is 0 Å². The molecule has 3 rings (SSSR count). The van der Waals surface area contributed by atoms with Crippen molar-refractivity contribution in [2.75, 3.05) is 11.1 Å². The summed E-state index contributed by atoms with van der Waals surface area (Å²) in [7, 11) is 0. The van der Waals surface area contributed by atoms with Gasteiger partial charge in [0.15, 0.2) is 5.78 Å². The number of halogens is 4. The molecule has 2 aromatic carbocycles. The third kappa shape index (κ3) is 4.34. The molecule has 0 fully saturated rings. The summed E-state index contributed by atoms with van der Waals surface area (Å²) >= 11 is 3.30. The molecule has 5 nitrogen and oxygen atoms in total. The number of aromatic nitrogens is 1. The Balaban J connectivity index is 1.87. The number of nitrogens with one attached hydrogen (secondary N) is 2. The number of hydrogen-bond donors (Lipinski definition) is 3. The maximum atomic E-state index is 13.2. The van der Waals surface area contributed by atoms with Crippen LogP contribution in [0, 0.1) is 6.92 Å². The first-order valence-corrected chi connectivity index (χ1v) is 9.13. The summed E-state index contributed by atoms with van der Waals surface area (Å²) in [6.45, 7) is 1.76. The van der Waals surface area contributed by atoms with Gasteiger partial charge in [-0.15, -0.1) is 0 Å². The van der Waals surface area contributed by atoms with Crippen molar-refractivity contribution in [2.24, 2.45) is 0 Å². The summed E-state index contributed by atoms with van der Waals surface area (Å²) in [5.74, 6) is -1.42. The van der Waals surface area contributed by atoms with E-state index in [1.807, 2.05) is 0 Å². The minimum atomic E-state index is -4.67. The van der Waals surface area contributed by atoms with Gasteiger partial charge in [-0.05, 0) is 36.8 Å². The van der Waals surface area contributed by atoms with E-state index in [9.17, 15) is 22.8 Å². The number of rotatable bonds is 4. The third-order valence-electron chi connectivity index (χ3n) is 4.24. The Hall–Kier alpha value is -3.07. The molecule has 0 unspecified atom stereocenters. The van der Waals surface area contributed by atoms with Crippen molar-refractivity contribution in [3.8, 4) is 0 Å². The first kappa shape index (κ1) is 20.7. The van der Waals surface area contributed by atoms with Crippen LogP contribution in [-0.2, 0) is 6.18 Å². The van der Waals surface area contributed by atoms with Gasteiger partial charge in [-0.1, -0.05) is 34.1 Å². The van der Waals surface area contributed by atoms with E-state index >= 15 is 0 Å². The molecular formula is C20H15BrF3N3O2. The Kier molecular flexibility index (Phi) is 5.52. The SMILES string of the molecule is Cc1cc(Br)cc(N)c1NC(=O)c1cc(C(=O)c2ccccc2C(F)(F)F)c[nH]1. The number of aromatic amines is 1. The highest BCUT2D eigenvalue weighted by atomic mass is 79.9. The number of hydrogen-bond acceptors (Lipinski definition) is 3. The van der Waals surface area contributed by atoms with Crippen molar-refractivity contribution < 1.29 is 22.8 Å². The van der Waals surface area contributed by atoms with Crippen LogP contribution in [0.1, 0.15) is 37.5 Å². The largest absolute Gasteiger partial charge is 0.417 e. The zero-order valence-corrected chi connectivity index (χ0v) is 16.6. The molecular weight excluding hydrogens is 451 g/mol. The van der Waals surface area contributed by atoms with Crippen LogP contribution in [-0.4, -0.2) is 16.7 Å². The van der Waals surface area contributed by atoms with Gasteiger partial charge in [-0.3, -0.25) is 9.59 Å². The minimum absolute atomic E-state index is 0.0135. The number of amides is 1. The molecule has 1 aromatic heterocycles. The van der Waals surface area contributed by atoms with Gasteiger partial charge < -0.3 is 16.0 Å². The van der Waals surface area contributed by atoms with Crippen molar-refractivity contribution in [1.82, 2.24) is 4.98 Å². The number of nitrogen functional groups attached to an aromatic ring is 1. The van der Waals surface area contributed by atoms with Crippen LogP contribution in [0.15, 0.2) is 53.1 Å². The molecule has 0 spiro atoms. The van der Waals surface area contributed by atoms with Crippen LogP contribution >= 0.6 is 15.9 Å². The average Bonchev–Trinajstić information content (AvgIpc) is 3.13. The molecule has 150 valence electrons. The van der Waals surface area contributed by atoms with Gasteiger partial charge in [0.2, 0.25) is 0 Å². The monoisotopic (exact) mass is 465 g/mol. The molecule has 1 heterocycles. The molecule has 9 heteroatoms. The highest BCUT2D eigenvalue weighted by molar-refractivity contribution is 9.10. The average molecular weight is 466 g/mol. The number of ketones is 1. The van der Waals surface area contributed by atoms with Crippen LogP contribution in [0.25, 0.3) is 0 Å². The van der Waals surface area contributed by atoms with Crippen molar-refractivity contribution in [3.05, 3.63) is 81.1 Å². The smallest absolute Gasteiger partial charge is 0.397 e. The van der Waals surface area contributed by atoms with Gasteiger partial charge in [0.1, 0.15) is 5.69 Å². The summed E-state index contributed by atoms with van der Waals surface area (Å²) in [6.07, 6.45) is -3.47. The molecule has 29 heavy (non-hydrogen) atoms. The standard InChI is InChI=1S/C20H15BrF3N3O2/c1-10-6-12(21)8-15(25)17(10)27-19(29)16-7-11(9-26-16)18(28)13-4-2-3-5-14(13)20(22,23)24/h2-9,26H,25H2,1H3,(H,27,29). The molecule has 0 atom stereocenters. The fraction of sp³-hybridized carbons (Fsp3) is 0.100. The normalized spacial score (nSPS) is 11.3. The van der Waals surface area contributed by atoms with E-state index in [2.05, 4.69) is 26.2 Å². The van der Waals surface area contributed by atoms with Crippen molar-refractivity contribution in [2.45, 2.75) is 13.1 Å². The molecule has 0 saturated carbocycles. The van der Waals surface area contributed by atoms with Crippen LogP contribution in [0.4, 0.5) is 24.5 Å². The number of aryl methyl sites for hydroxylation is 1. The molecule has 0 aliphatic carbocycles. The molecule has 0 aliphatic rings. The van der Waals surface area contributed by atoms with E-state index in [1.54, 1.807) is 19.1 Å². The van der Waals surface area contributed by atoms with Crippen molar-refractivity contribution in [3.63, 3.8) is 0 Å². The van der Waals surface area contributed by atoms with E-state index in [0.717, 1.165) is 16.6 Å². The van der Waals surface area contributed by atoms with E-state index in [-0.39, 0.29) is 11.3 Å². The predicted molar refractivity (Wildman–Crippen MR) is 107 cm³/mol. The predicted octanol–water partition coefficient (Wildman–Crippen LogP) is 5.17. The Morgan fingerprint density at radius 2 is 1.83 bits per heavy atom. The maximum Gasteiger partial charge on any atom is 0.417 e. The van der Waals surface area contributed by atoms with E-state index < -0.39 is 29.0 Å². The number of H-pyrrole nitrogens is 1. The van der Waals surface area contributed by atoms with Gasteiger partial charge >= 0.3 is 6.18 Å². The summed E-state index contributed by atoms with van der Waals surface area (Å²) in [4.78, 5) is 27.7. The highest BCUT2D eigenvalue weighted by Gasteiger charge is 2.35.